The molecule has 0 spiro atoms. The number of nitrogens with zero attached hydrogens (tertiary/aromatic N) is 1. The molecule has 0 atom stereocenters. The minimum absolute atomic E-state index is 0.0650. The Hall–Kier alpha value is -0.980. The highest BCUT2D eigenvalue weighted by Crippen LogP contribution is 2.16. The Morgan fingerprint density at radius 1 is 1.20 bits per heavy atom. The van der Waals surface area contributed by atoms with E-state index in [1.165, 1.54) is 4.31 Å². The van der Waals surface area contributed by atoms with Crippen molar-refractivity contribution in [1.82, 2.24) is 4.31 Å². The summed E-state index contributed by atoms with van der Waals surface area (Å²) in [5, 5.41) is 0. The Balaban J connectivity index is 2.39. The maximum Gasteiger partial charge on any atom is 0.214 e. The van der Waals surface area contributed by atoms with Gasteiger partial charge >= 0.3 is 0 Å². The highest BCUT2D eigenvalue weighted by molar-refractivity contribution is 7.89. The highest BCUT2D eigenvalue weighted by Gasteiger charge is 2.16. The van der Waals surface area contributed by atoms with Gasteiger partial charge in [0.05, 0.1) is 12.9 Å². The molecule has 0 bridgehead atoms. The molecule has 0 aliphatic rings. The Kier molecular flexibility index (Phi) is 7.12. The van der Waals surface area contributed by atoms with Gasteiger partial charge in [-0.05, 0) is 30.7 Å². The molecule has 0 N–H and O–H groups in total. The van der Waals surface area contributed by atoms with Gasteiger partial charge in [0.2, 0.25) is 10.0 Å². The van der Waals surface area contributed by atoms with Crippen molar-refractivity contribution in [3.8, 4) is 11.5 Å². The van der Waals surface area contributed by atoms with Crippen molar-refractivity contribution >= 4 is 21.6 Å². The fourth-order valence-corrected chi connectivity index (χ4v) is 2.96. The highest BCUT2D eigenvalue weighted by atomic mass is 35.5. The molecule has 0 heterocycles. The molecule has 1 aromatic rings. The lowest BCUT2D eigenvalue weighted by molar-refractivity contribution is 0.286. The number of benzene rings is 1. The van der Waals surface area contributed by atoms with Gasteiger partial charge in [-0.2, -0.15) is 0 Å². The van der Waals surface area contributed by atoms with E-state index in [-0.39, 0.29) is 5.75 Å². The lowest BCUT2D eigenvalue weighted by Gasteiger charge is -2.17. The van der Waals surface area contributed by atoms with Crippen LogP contribution in [0.25, 0.3) is 0 Å². The van der Waals surface area contributed by atoms with E-state index in [2.05, 4.69) is 0 Å². The number of hydrogen-bond acceptors (Lipinski definition) is 4. The fraction of sp³-hybridized carbons (Fsp3) is 0.538. The zero-order chi connectivity index (χ0) is 15.0. The van der Waals surface area contributed by atoms with E-state index in [0.29, 0.717) is 31.2 Å². The van der Waals surface area contributed by atoms with Crippen LogP contribution in [0.4, 0.5) is 0 Å². The fourth-order valence-electron chi connectivity index (χ4n) is 1.50. The van der Waals surface area contributed by atoms with Crippen LogP contribution in [0, 0.1) is 0 Å². The van der Waals surface area contributed by atoms with Gasteiger partial charge < -0.3 is 9.47 Å². The number of rotatable bonds is 9. The van der Waals surface area contributed by atoms with Crippen LogP contribution in [0.15, 0.2) is 24.3 Å². The summed E-state index contributed by atoms with van der Waals surface area (Å²) in [5.74, 6) is 1.83. The molecule has 0 unspecified atom stereocenters. The molecular formula is C13H20ClNO4S. The molecule has 1 aromatic carbocycles. The van der Waals surface area contributed by atoms with Gasteiger partial charge in [-0.1, -0.05) is 0 Å². The van der Waals surface area contributed by atoms with Crippen LogP contribution in [-0.2, 0) is 10.0 Å². The molecule has 0 aromatic heterocycles. The Morgan fingerprint density at radius 3 is 2.35 bits per heavy atom. The second-order valence-electron chi connectivity index (χ2n) is 4.20. The van der Waals surface area contributed by atoms with E-state index in [4.69, 9.17) is 21.1 Å². The number of halogens is 1. The first kappa shape index (κ1) is 17.1. The smallest absolute Gasteiger partial charge is 0.214 e. The summed E-state index contributed by atoms with van der Waals surface area (Å²) >= 11 is 5.50. The molecule has 20 heavy (non-hydrogen) atoms. The topological polar surface area (TPSA) is 55.8 Å². The van der Waals surface area contributed by atoms with Gasteiger partial charge in [0.1, 0.15) is 18.1 Å². The molecule has 114 valence electrons. The van der Waals surface area contributed by atoms with E-state index < -0.39 is 10.0 Å². The average molecular weight is 322 g/mol. The van der Waals surface area contributed by atoms with E-state index in [1.54, 1.807) is 38.4 Å². The molecule has 1 rings (SSSR count). The van der Waals surface area contributed by atoms with Gasteiger partial charge in [-0.3, -0.25) is 0 Å². The molecule has 0 aliphatic carbocycles. The third kappa shape index (κ3) is 5.56. The van der Waals surface area contributed by atoms with Gasteiger partial charge in [-0.25, -0.2) is 12.7 Å². The number of methoxy groups -OCH3 is 1. The zero-order valence-corrected chi connectivity index (χ0v) is 13.3. The summed E-state index contributed by atoms with van der Waals surface area (Å²) in [6.45, 7) is 0.597. The Bertz CT molecular complexity index is 490. The summed E-state index contributed by atoms with van der Waals surface area (Å²) < 4.78 is 35.4. The van der Waals surface area contributed by atoms with E-state index in [0.717, 1.165) is 5.75 Å². The predicted octanol–water partition coefficient (Wildman–Crippen LogP) is 1.96. The van der Waals surface area contributed by atoms with Crippen LogP contribution < -0.4 is 9.47 Å². The number of ether oxygens (including phenoxy) is 2. The number of sulfonamides is 1. The molecule has 0 radical (unpaired) electrons. The number of likely N-dealkylation sites (N-methyl/N-ethyl adjacent to an activating group) is 1. The lowest BCUT2D eigenvalue weighted by atomic mass is 10.3. The van der Waals surface area contributed by atoms with Crippen molar-refractivity contribution in [2.45, 2.75) is 6.42 Å². The van der Waals surface area contributed by atoms with Crippen LogP contribution in [0.2, 0.25) is 0 Å². The number of alkyl halides is 1. The van der Waals surface area contributed by atoms with E-state index in [9.17, 15) is 8.42 Å². The standard InChI is InChI=1S/C13H20ClNO4S/c1-15(20(16,17)11-3-8-14)9-10-19-13-6-4-12(18-2)5-7-13/h4-7H,3,8-11H2,1-2H3. The summed E-state index contributed by atoms with van der Waals surface area (Å²) in [6, 6.07) is 7.13. The maximum absolute atomic E-state index is 11.8. The second kappa shape index (κ2) is 8.34. The van der Waals surface area contributed by atoms with Crippen molar-refractivity contribution in [3.05, 3.63) is 24.3 Å². The molecule has 0 amide bonds. The number of hydrogen-bond donors (Lipinski definition) is 0. The van der Waals surface area contributed by atoms with E-state index >= 15 is 0 Å². The quantitative estimate of drug-likeness (QED) is 0.652. The largest absolute Gasteiger partial charge is 0.497 e. The minimum Gasteiger partial charge on any atom is -0.497 e. The molecular weight excluding hydrogens is 302 g/mol. The summed E-state index contributed by atoms with van der Waals surface area (Å²) in [6.07, 6.45) is 0.452. The second-order valence-corrected chi connectivity index (χ2v) is 6.78. The Labute approximate surface area is 125 Å². The predicted molar refractivity (Wildman–Crippen MR) is 80.2 cm³/mol. The lowest BCUT2D eigenvalue weighted by Crippen LogP contribution is -2.32. The third-order valence-corrected chi connectivity index (χ3v) is 4.95. The third-order valence-electron chi connectivity index (χ3n) is 2.75. The molecule has 0 saturated carbocycles. The Morgan fingerprint density at radius 2 is 1.80 bits per heavy atom. The molecule has 0 saturated heterocycles. The van der Waals surface area contributed by atoms with Crippen LogP contribution >= 0.6 is 11.6 Å². The molecule has 7 heteroatoms. The van der Waals surface area contributed by atoms with Gasteiger partial charge in [0.25, 0.3) is 0 Å². The average Bonchev–Trinajstić information content (AvgIpc) is 2.45. The summed E-state index contributed by atoms with van der Waals surface area (Å²) in [4.78, 5) is 0. The van der Waals surface area contributed by atoms with Gasteiger partial charge in [0, 0.05) is 19.5 Å². The van der Waals surface area contributed by atoms with Crippen LogP contribution in [0.3, 0.4) is 0 Å². The van der Waals surface area contributed by atoms with Crippen LogP contribution in [-0.4, -0.2) is 51.7 Å². The first-order chi connectivity index (χ1) is 9.49. The molecule has 0 fully saturated rings. The van der Waals surface area contributed by atoms with Crippen molar-refractivity contribution in [1.29, 1.82) is 0 Å². The van der Waals surface area contributed by atoms with Crippen LogP contribution in [0.1, 0.15) is 6.42 Å². The van der Waals surface area contributed by atoms with Crippen molar-refractivity contribution in [2.24, 2.45) is 0 Å². The first-order valence-corrected chi connectivity index (χ1v) is 8.41. The van der Waals surface area contributed by atoms with Gasteiger partial charge in [-0.15, -0.1) is 11.6 Å². The molecule has 0 aliphatic heterocycles. The monoisotopic (exact) mass is 321 g/mol. The van der Waals surface area contributed by atoms with Crippen molar-refractivity contribution in [2.75, 3.05) is 38.9 Å². The normalized spacial score (nSPS) is 11.6. The van der Waals surface area contributed by atoms with Crippen molar-refractivity contribution in [3.63, 3.8) is 0 Å². The molecule has 5 nitrogen and oxygen atoms in total. The first-order valence-electron chi connectivity index (χ1n) is 6.26. The zero-order valence-electron chi connectivity index (χ0n) is 11.7. The summed E-state index contributed by atoms with van der Waals surface area (Å²) in [7, 11) is -0.102. The van der Waals surface area contributed by atoms with Crippen molar-refractivity contribution < 1.29 is 17.9 Å². The van der Waals surface area contributed by atoms with E-state index in [1.807, 2.05) is 0 Å². The minimum atomic E-state index is -3.24. The SMILES string of the molecule is COc1ccc(OCCN(C)S(=O)(=O)CCCCl)cc1. The maximum atomic E-state index is 11.8. The van der Waals surface area contributed by atoms with Gasteiger partial charge in [0.15, 0.2) is 0 Å². The van der Waals surface area contributed by atoms with Crippen LogP contribution in [0.5, 0.6) is 11.5 Å². The summed E-state index contributed by atoms with van der Waals surface area (Å²) in [5.41, 5.74) is 0.